The van der Waals surface area contributed by atoms with Crippen molar-refractivity contribution in [2.75, 3.05) is 0 Å². The maximum atomic E-state index is 13.1. The third-order valence-corrected chi connectivity index (χ3v) is 6.62. The molecule has 2 heterocycles. The highest BCUT2D eigenvalue weighted by atomic mass is 32.1. The molecule has 28 heavy (non-hydrogen) atoms. The van der Waals surface area contributed by atoms with Gasteiger partial charge in [0.15, 0.2) is 5.76 Å². The molecule has 0 bridgehead atoms. The summed E-state index contributed by atoms with van der Waals surface area (Å²) >= 11 is 1.55. The molecule has 2 aromatic heterocycles. The van der Waals surface area contributed by atoms with Crippen molar-refractivity contribution in [2.24, 2.45) is 4.99 Å². The van der Waals surface area contributed by atoms with Gasteiger partial charge in [0.1, 0.15) is 9.92 Å². The monoisotopic (exact) mass is 401 g/mol. The van der Waals surface area contributed by atoms with E-state index in [2.05, 4.69) is 10.3 Å². The van der Waals surface area contributed by atoms with E-state index in [0.29, 0.717) is 16.3 Å². The molecule has 2 aromatic rings. The van der Waals surface area contributed by atoms with E-state index in [-0.39, 0.29) is 17.8 Å². The minimum atomic E-state index is -0.579. The van der Waals surface area contributed by atoms with Crippen LogP contribution in [0.2, 0.25) is 0 Å². The molecule has 1 fully saturated rings. The minimum Gasteiger partial charge on any atom is -0.400 e. The van der Waals surface area contributed by atoms with Gasteiger partial charge in [-0.15, -0.1) is 11.3 Å². The second kappa shape index (κ2) is 8.26. The third kappa shape index (κ3) is 4.01. The van der Waals surface area contributed by atoms with Crippen molar-refractivity contribution in [3.05, 3.63) is 44.0 Å². The maximum absolute atomic E-state index is 13.1. The Balaban J connectivity index is 1.60. The number of carbonyl (C=O) groups excluding carboxylic acids is 1. The highest BCUT2D eigenvalue weighted by molar-refractivity contribution is 7.16. The van der Waals surface area contributed by atoms with E-state index >= 15 is 0 Å². The highest BCUT2D eigenvalue weighted by Gasteiger charge is 2.27. The molecule has 148 valence electrons. The summed E-state index contributed by atoms with van der Waals surface area (Å²) in [6.45, 7) is 0. The first-order chi connectivity index (χ1) is 13.6. The Morgan fingerprint density at radius 2 is 2.00 bits per heavy atom. The van der Waals surface area contributed by atoms with E-state index < -0.39 is 4.92 Å². The largest absolute Gasteiger partial charge is 0.433 e. The number of fused-ring (bicyclic) bond motifs is 1. The van der Waals surface area contributed by atoms with Crippen LogP contribution in [0.4, 0.5) is 10.9 Å². The van der Waals surface area contributed by atoms with Gasteiger partial charge in [0, 0.05) is 10.9 Å². The highest BCUT2D eigenvalue weighted by Crippen LogP contribution is 2.40. The van der Waals surface area contributed by atoms with Crippen molar-refractivity contribution in [3.8, 4) is 0 Å². The predicted octanol–water partition coefficient (Wildman–Crippen LogP) is 4.94. The van der Waals surface area contributed by atoms with Gasteiger partial charge >= 0.3 is 5.88 Å². The number of nitrogens with zero attached hydrogens (tertiary/aromatic N) is 2. The summed E-state index contributed by atoms with van der Waals surface area (Å²) in [4.78, 5) is 29.0. The summed E-state index contributed by atoms with van der Waals surface area (Å²) in [5, 5.41) is 14.6. The summed E-state index contributed by atoms with van der Waals surface area (Å²) in [6, 6.07) is 3.05. The molecule has 0 spiro atoms. The van der Waals surface area contributed by atoms with Crippen molar-refractivity contribution in [2.45, 2.75) is 63.8 Å². The second-order valence-corrected chi connectivity index (χ2v) is 8.47. The lowest BCUT2D eigenvalue weighted by molar-refractivity contribution is -0.402. The van der Waals surface area contributed by atoms with Crippen LogP contribution in [-0.2, 0) is 12.8 Å². The van der Waals surface area contributed by atoms with Crippen LogP contribution in [0.3, 0.4) is 0 Å². The van der Waals surface area contributed by atoms with Crippen molar-refractivity contribution in [1.82, 2.24) is 5.32 Å². The Bertz CT molecular complexity index is 909. The molecule has 2 aliphatic rings. The zero-order valence-electron chi connectivity index (χ0n) is 15.6. The lowest BCUT2D eigenvalue weighted by atomic mass is 9.93. The number of nitro groups is 1. The molecule has 0 atom stereocenters. The van der Waals surface area contributed by atoms with Gasteiger partial charge in [-0.1, -0.05) is 19.3 Å². The van der Waals surface area contributed by atoms with E-state index in [9.17, 15) is 14.9 Å². The molecule has 1 saturated carbocycles. The second-order valence-electron chi connectivity index (χ2n) is 7.39. The molecule has 8 heteroatoms. The van der Waals surface area contributed by atoms with Crippen LogP contribution in [0, 0.1) is 10.1 Å². The fourth-order valence-corrected chi connectivity index (χ4v) is 5.24. The Labute approximate surface area is 167 Å². The SMILES string of the molecule is O=C(NC1CCCCC1)c1c(/N=C/c2ccc([N+](=O)[O-])o2)sc2c1CCCC2. The third-order valence-electron chi connectivity index (χ3n) is 5.42. The first kappa shape index (κ1) is 18.9. The van der Waals surface area contributed by atoms with Gasteiger partial charge in [0.05, 0.1) is 17.8 Å². The number of furan rings is 1. The molecule has 0 unspecified atom stereocenters. The van der Waals surface area contributed by atoms with Crippen molar-refractivity contribution in [3.63, 3.8) is 0 Å². The Hall–Kier alpha value is -2.48. The van der Waals surface area contributed by atoms with Gasteiger partial charge in [-0.25, -0.2) is 4.99 Å². The van der Waals surface area contributed by atoms with Crippen LogP contribution >= 0.6 is 11.3 Å². The summed E-state index contributed by atoms with van der Waals surface area (Å²) in [6.07, 6.45) is 11.2. The number of aryl methyl sites for hydroxylation is 1. The van der Waals surface area contributed by atoms with Gasteiger partial charge in [0.2, 0.25) is 0 Å². The smallest absolute Gasteiger partial charge is 0.400 e. The van der Waals surface area contributed by atoms with Gasteiger partial charge in [-0.2, -0.15) is 0 Å². The molecular formula is C20H23N3O4S. The Kier molecular flexibility index (Phi) is 5.57. The van der Waals surface area contributed by atoms with Crippen LogP contribution in [0.15, 0.2) is 21.5 Å². The standard InChI is InChI=1S/C20H23N3O4S/c24-19(22-13-6-2-1-3-7-13)18-15-8-4-5-9-16(15)28-20(18)21-12-14-10-11-17(27-14)23(25)26/h10-13H,1-9H2,(H,22,24)/b21-12+. The summed E-state index contributed by atoms with van der Waals surface area (Å²) in [5.74, 6) is -0.0530. The van der Waals surface area contributed by atoms with Crippen LogP contribution in [0.25, 0.3) is 0 Å². The van der Waals surface area contributed by atoms with E-state index in [0.717, 1.165) is 56.9 Å². The molecule has 0 aromatic carbocycles. The number of hydrogen-bond acceptors (Lipinski definition) is 6. The zero-order valence-corrected chi connectivity index (χ0v) is 16.4. The average Bonchev–Trinajstić information content (AvgIpc) is 3.31. The number of thiophene rings is 1. The molecule has 1 N–H and O–H groups in total. The zero-order chi connectivity index (χ0) is 19.5. The Morgan fingerprint density at radius 1 is 1.21 bits per heavy atom. The number of hydrogen-bond donors (Lipinski definition) is 1. The van der Waals surface area contributed by atoms with Gasteiger partial charge in [0.25, 0.3) is 5.91 Å². The van der Waals surface area contributed by atoms with E-state index in [4.69, 9.17) is 4.42 Å². The molecule has 1 amide bonds. The fraction of sp³-hybridized carbons (Fsp3) is 0.500. The minimum absolute atomic E-state index is 0.0381. The van der Waals surface area contributed by atoms with Crippen LogP contribution < -0.4 is 5.32 Å². The quantitative estimate of drug-likeness (QED) is 0.436. The number of nitrogens with one attached hydrogen (secondary N) is 1. The summed E-state index contributed by atoms with van der Waals surface area (Å²) in [7, 11) is 0. The lowest BCUT2D eigenvalue weighted by Gasteiger charge is -2.23. The van der Waals surface area contributed by atoms with E-state index in [1.54, 1.807) is 11.3 Å². The number of rotatable bonds is 5. The van der Waals surface area contributed by atoms with E-state index in [1.807, 2.05) is 0 Å². The first-order valence-corrected chi connectivity index (χ1v) is 10.7. The molecule has 0 radical (unpaired) electrons. The number of carbonyl (C=O) groups is 1. The van der Waals surface area contributed by atoms with Gasteiger partial charge < -0.3 is 9.73 Å². The van der Waals surface area contributed by atoms with Gasteiger partial charge in [-0.05, 0) is 50.2 Å². The van der Waals surface area contributed by atoms with Crippen LogP contribution in [0.1, 0.15) is 71.5 Å². The molecule has 0 saturated heterocycles. The molecule has 2 aliphatic carbocycles. The number of amides is 1. The Morgan fingerprint density at radius 3 is 2.75 bits per heavy atom. The summed E-state index contributed by atoms with van der Waals surface area (Å²) in [5.41, 5.74) is 1.81. The maximum Gasteiger partial charge on any atom is 0.433 e. The lowest BCUT2D eigenvalue weighted by Crippen LogP contribution is -2.36. The van der Waals surface area contributed by atoms with Crippen LogP contribution in [0.5, 0.6) is 0 Å². The molecular weight excluding hydrogens is 378 g/mol. The van der Waals surface area contributed by atoms with Crippen molar-refractivity contribution in [1.29, 1.82) is 0 Å². The van der Waals surface area contributed by atoms with E-state index in [1.165, 1.54) is 29.6 Å². The predicted molar refractivity (Wildman–Crippen MR) is 108 cm³/mol. The summed E-state index contributed by atoms with van der Waals surface area (Å²) < 4.78 is 5.15. The molecule has 0 aliphatic heterocycles. The topological polar surface area (TPSA) is 97.7 Å². The van der Waals surface area contributed by atoms with Crippen LogP contribution in [-0.4, -0.2) is 23.1 Å². The molecule has 4 rings (SSSR count). The average molecular weight is 401 g/mol. The van der Waals surface area contributed by atoms with Gasteiger partial charge in [-0.3, -0.25) is 14.9 Å². The first-order valence-electron chi connectivity index (χ1n) is 9.85. The fourth-order valence-electron chi connectivity index (χ4n) is 4.01. The number of aliphatic imine (C=N–C) groups is 1. The molecule has 7 nitrogen and oxygen atoms in total. The van der Waals surface area contributed by atoms with Crippen molar-refractivity contribution >= 4 is 34.3 Å². The normalized spacial score (nSPS) is 17.6. The van der Waals surface area contributed by atoms with Crippen molar-refractivity contribution < 1.29 is 14.1 Å².